The van der Waals surface area contributed by atoms with Crippen LogP contribution in [0.2, 0.25) is 0 Å². The van der Waals surface area contributed by atoms with E-state index in [1.54, 1.807) is 0 Å². The quantitative estimate of drug-likeness (QED) is 0.762. The lowest BCUT2D eigenvalue weighted by Gasteiger charge is -2.29. The summed E-state index contributed by atoms with van der Waals surface area (Å²) >= 11 is 0. The molecule has 1 atom stereocenters. The van der Waals surface area contributed by atoms with Crippen molar-refractivity contribution >= 4 is 5.91 Å². The molecule has 0 bridgehead atoms. The topological polar surface area (TPSA) is 59.4 Å². The van der Waals surface area contributed by atoms with E-state index in [4.69, 9.17) is 4.74 Å². The molecule has 2 aliphatic rings. The van der Waals surface area contributed by atoms with Crippen molar-refractivity contribution in [3.05, 3.63) is 52.3 Å². The Bertz CT molecular complexity index is 874. The Morgan fingerprint density at radius 2 is 2.07 bits per heavy atom. The number of hydrogen-bond acceptors (Lipinski definition) is 4. The number of hydrogen-bond donors (Lipinski definition) is 1. The first-order chi connectivity index (χ1) is 14.0. The molecule has 1 N–H and O–H groups in total. The monoisotopic (exact) mass is 396 g/mol. The van der Waals surface area contributed by atoms with Gasteiger partial charge in [0.25, 0.3) is 5.91 Å². The number of nitrogens with zero attached hydrogens (tertiary/aromatic N) is 3. The summed E-state index contributed by atoms with van der Waals surface area (Å²) in [6.07, 6.45) is 4.05. The first-order valence-corrected chi connectivity index (χ1v) is 10.8. The third-order valence-electron chi connectivity index (χ3n) is 6.06. The number of aryl methyl sites for hydroxylation is 1. The molecule has 1 aromatic heterocycles. The van der Waals surface area contributed by atoms with Crippen LogP contribution < -0.4 is 5.32 Å². The van der Waals surface area contributed by atoms with Crippen LogP contribution in [-0.2, 0) is 37.6 Å². The van der Waals surface area contributed by atoms with Crippen molar-refractivity contribution < 1.29 is 9.53 Å². The average Bonchev–Trinajstić information content (AvgIpc) is 3.06. The van der Waals surface area contributed by atoms with Gasteiger partial charge in [-0.05, 0) is 50.7 Å². The summed E-state index contributed by atoms with van der Waals surface area (Å²) in [5, 5.41) is 8.25. The third kappa shape index (κ3) is 4.38. The molecular formula is C23H32N4O2. The summed E-state index contributed by atoms with van der Waals surface area (Å²) in [6, 6.07) is 8.79. The summed E-state index contributed by atoms with van der Waals surface area (Å²) in [5.41, 5.74) is 5.59. The molecule has 0 spiro atoms. The number of fused-ring (bicyclic) bond motifs is 2. The molecule has 1 amide bonds. The van der Waals surface area contributed by atoms with E-state index in [9.17, 15) is 4.79 Å². The molecule has 1 aliphatic heterocycles. The summed E-state index contributed by atoms with van der Waals surface area (Å²) in [7, 11) is 1.96. The van der Waals surface area contributed by atoms with Gasteiger partial charge in [-0.1, -0.05) is 24.3 Å². The van der Waals surface area contributed by atoms with E-state index in [0.29, 0.717) is 24.9 Å². The molecule has 4 rings (SSSR count). The van der Waals surface area contributed by atoms with Gasteiger partial charge in [-0.2, -0.15) is 5.10 Å². The first kappa shape index (κ1) is 20.1. The maximum atomic E-state index is 13.3. The van der Waals surface area contributed by atoms with Gasteiger partial charge in [0.05, 0.1) is 12.7 Å². The van der Waals surface area contributed by atoms with Crippen molar-refractivity contribution in [2.24, 2.45) is 7.05 Å². The van der Waals surface area contributed by atoms with Crippen molar-refractivity contribution in [2.45, 2.75) is 58.2 Å². The molecule has 2 aromatic rings. The molecule has 29 heavy (non-hydrogen) atoms. The molecular weight excluding hydrogens is 364 g/mol. The molecule has 1 aromatic carbocycles. The number of carbonyl (C=O) groups excluding carboxylic acids is 1. The molecule has 0 unspecified atom stereocenters. The van der Waals surface area contributed by atoms with E-state index >= 15 is 0 Å². The summed E-state index contributed by atoms with van der Waals surface area (Å²) in [5.74, 6) is 0.0696. The fraction of sp³-hybridized carbons (Fsp3) is 0.565. The van der Waals surface area contributed by atoms with Gasteiger partial charge in [0.2, 0.25) is 0 Å². The number of nitrogens with one attached hydrogen (secondary N) is 1. The Labute approximate surface area is 173 Å². The van der Waals surface area contributed by atoms with E-state index < -0.39 is 0 Å². The van der Waals surface area contributed by atoms with Crippen LogP contribution in [0.3, 0.4) is 0 Å². The minimum Gasteiger partial charge on any atom is -0.377 e. The molecule has 2 heterocycles. The summed E-state index contributed by atoms with van der Waals surface area (Å²) < 4.78 is 7.55. The lowest BCUT2D eigenvalue weighted by molar-refractivity contribution is 0.0725. The maximum absolute atomic E-state index is 13.3. The van der Waals surface area contributed by atoms with Crippen molar-refractivity contribution in [3.8, 4) is 0 Å². The van der Waals surface area contributed by atoms with Crippen molar-refractivity contribution in [1.29, 1.82) is 0 Å². The molecule has 0 saturated carbocycles. The van der Waals surface area contributed by atoms with E-state index in [1.807, 2.05) is 16.6 Å². The van der Waals surface area contributed by atoms with E-state index in [2.05, 4.69) is 48.5 Å². The average molecular weight is 397 g/mol. The number of amides is 1. The molecule has 6 heteroatoms. The number of carbonyl (C=O) groups is 1. The van der Waals surface area contributed by atoms with Crippen LogP contribution in [0, 0.1) is 0 Å². The van der Waals surface area contributed by atoms with Crippen molar-refractivity contribution in [2.75, 3.05) is 19.7 Å². The second-order valence-electron chi connectivity index (χ2n) is 8.46. The molecule has 1 aliphatic carbocycles. The lowest BCUT2D eigenvalue weighted by Crippen LogP contribution is -2.39. The predicted molar refractivity (Wildman–Crippen MR) is 113 cm³/mol. The van der Waals surface area contributed by atoms with Crippen LogP contribution >= 0.6 is 0 Å². The smallest absolute Gasteiger partial charge is 0.274 e. The highest BCUT2D eigenvalue weighted by atomic mass is 16.5. The summed E-state index contributed by atoms with van der Waals surface area (Å²) in [4.78, 5) is 15.3. The first-order valence-electron chi connectivity index (χ1n) is 10.8. The van der Waals surface area contributed by atoms with E-state index in [1.165, 1.54) is 16.8 Å². The second-order valence-corrected chi connectivity index (χ2v) is 8.46. The minimum absolute atomic E-state index is 0.0696. The van der Waals surface area contributed by atoms with Gasteiger partial charge < -0.3 is 15.0 Å². The Hall–Kier alpha value is -2.18. The van der Waals surface area contributed by atoms with Gasteiger partial charge in [0.1, 0.15) is 0 Å². The number of benzene rings is 1. The van der Waals surface area contributed by atoms with Gasteiger partial charge in [-0.25, -0.2) is 0 Å². The Kier molecular flexibility index (Phi) is 6.01. The van der Waals surface area contributed by atoms with Gasteiger partial charge in [0.15, 0.2) is 5.69 Å². The molecule has 6 nitrogen and oxygen atoms in total. The van der Waals surface area contributed by atoms with Gasteiger partial charge in [-0.15, -0.1) is 0 Å². The predicted octanol–water partition coefficient (Wildman–Crippen LogP) is 2.49. The maximum Gasteiger partial charge on any atom is 0.274 e. The van der Waals surface area contributed by atoms with Crippen LogP contribution in [0.25, 0.3) is 0 Å². The highest BCUT2D eigenvalue weighted by Crippen LogP contribution is 2.27. The fourth-order valence-electron chi connectivity index (χ4n) is 4.51. The van der Waals surface area contributed by atoms with Crippen LogP contribution in [0.5, 0.6) is 0 Å². The highest BCUT2D eigenvalue weighted by molar-refractivity contribution is 5.94. The highest BCUT2D eigenvalue weighted by Gasteiger charge is 2.31. The second kappa shape index (κ2) is 8.67. The third-order valence-corrected chi connectivity index (χ3v) is 6.06. The zero-order chi connectivity index (χ0) is 20.4. The minimum atomic E-state index is 0.0696. The zero-order valence-electron chi connectivity index (χ0n) is 17.8. The van der Waals surface area contributed by atoms with E-state index in [-0.39, 0.29) is 12.0 Å². The van der Waals surface area contributed by atoms with Crippen molar-refractivity contribution in [3.63, 3.8) is 0 Å². The number of aromatic nitrogens is 2. The Balaban J connectivity index is 1.45. The standard InChI is InChI=1S/C23H32N4O2/c1-16(2)29-13-11-24-19-8-9-21-20(14-19)22(25-26(21)3)23(28)27-12-10-17-6-4-5-7-18(17)15-27/h4-7,16,19,24H,8-15H2,1-3H3/t19-/m0/s1. The van der Waals surface area contributed by atoms with Gasteiger partial charge in [-0.3, -0.25) is 9.48 Å². The molecule has 0 radical (unpaired) electrons. The molecule has 0 saturated heterocycles. The van der Waals surface area contributed by atoms with Crippen LogP contribution in [0.4, 0.5) is 0 Å². The largest absolute Gasteiger partial charge is 0.377 e. The Morgan fingerprint density at radius 3 is 2.86 bits per heavy atom. The van der Waals surface area contributed by atoms with E-state index in [0.717, 1.165) is 44.3 Å². The van der Waals surface area contributed by atoms with Crippen molar-refractivity contribution in [1.82, 2.24) is 20.0 Å². The van der Waals surface area contributed by atoms with Crippen LogP contribution in [0.1, 0.15) is 53.1 Å². The lowest BCUT2D eigenvalue weighted by atomic mass is 9.90. The SMILES string of the molecule is CC(C)OCCN[C@H]1CCc2c(c(C(=O)N3CCc4ccccc4C3)nn2C)C1. The Morgan fingerprint density at radius 1 is 1.28 bits per heavy atom. The molecule has 156 valence electrons. The summed E-state index contributed by atoms with van der Waals surface area (Å²) in [6.45, 7) is 7.10. The number of rotatable bonds is 6. The molecule has 0 fully saturated rings. The van der Waals surface area contributed by atoms with Gasteiger partial charge in [0, 0.05) is 44.0 Å². The fourth-order valence-corrected chi connectivity index (χ4v) is 4.51. The number of ether oxygens (including phenoxy) is 1. The van der Waals surface area contributed by atoms with Gasteiger partial charge >= 0.3 is 0 Å². The zero-order valence-corrected chi connectivity index (χ0v) is 17.8. The van der Waals surface area contributed by atoms with Crippen LogP contribution in [-0.4, -0.2) is 52.4 Å². The normalized spacial score (nSPS) is 18.6. The van der Waals surface area contributed by atoms with Crippen LogP contribution in [0.15, 0.2) is 24.3 Å².